The first-order chi connectivity index (χ1) is 14.7. The van der Waals surface area contributed by atoms with E-state index in [9.17, 15) is 9.90 Å². The van der Waals surface area contributed by atoms with Gasteiger partial charge in [0.05, 0.1) is 11.0 Å². The van der Waals surface area contributed by atoms with Crippen LogP contribution >= 0.6 is 0 Å². The molecule has 0 bridgehead atoms. The number of ketones is 1. The SMILES string of the molecule is O=C(/C=C(\[O-])c1ccccc1)c1ccc(-n2c3ccccc3c3ccccc32)cc1. The van der Waals surface area contributed by atoms with E-state index in [2.05, 4.69) is 28.8 Å². The van der Waals surface area contributed by atoms with E-state index in [0.717, 1.165) is 22.8 Å². The number of allylic oxidation sites excluding steroid dienone is 1. The first-order valence-electron chi connectivity index (χ1n) is 9.79. The number of hydrogen-bond acceptors (Lipinski definition) is 2. The maximum absolute atomic E-state index is 12.6. The summed E-state index contributed by atoms with van der Waals surface area (Å²) in [5.74, 6) is -0.579. The van der Waals surface area contributed by atoms with Crippen LogP contribution in [0.1, 0.15) is 15.9 Å². The van der Waals surface area contributed by atoms with Crippen molar-refractivity contribution < 1.29 is 9.90 Å². The molecule has 1 heterocycles. The molecule has 0 fully saturated rings. The highest BCUT2D eigenvalue weighted by Gasteiger charge is 2.11. The second kappa shape index (κ2) is 7.37. The molecule has 0 atom stereocenters. The summed E-state index contributed by atoms with van der Waals surface area (Å²) >= 11 is 0. The predicted molar refractivity (Wildman–Crippen MR) is 120 cm³/mol. The molecule has 5 rings (SSSR count). The minimum Gasteiger partial charge on any atom is -0.872 e. The van der Waals surface area contributed by atoms with Gasteiger partial charge in [-0.15, -0.1) is 0 Å². The summed E-state index contributed by atoms with van der Waals surface area (Å²) in [6.07, 6.45) is 1.16. The molecule has 30 heavy (non-hydrogen) atoms. The Labute approximate surface area is 174 Å². The number of fused-ring (bicyclic) bond motifs is 3. The van der Waals surface area contributed by atoms with Gasteiger partial charge in [0.15, 0.2) is 5.78 Å². The van der Waals surface area contributed by atoms with Crippen molar-refractivity contribution in [2.24, 2.45) is 0 Å². The normalized spacial score (nSPS) is 11.8. The van der Waals surface area contributed by atoms with Crippen molar-refractivity contribution in [3.63, 3.8) is 0 Å². The number of carbonyl (C=O) groups is 1. The van der Waals surface area contributed by atoms with Gasteiger partial charge in [-0.1, -0.05) is 72.5 Å². The van der Waals surface area contributed by atoms with E-state index in [1.54, 1.807) is 36.4 Å². The molecule has 0 aliphatic carbocycles. The fourth-order valence-corrected chi connectivity index (χ4v) is 3.86. The molecule has 4 aromatic carbocycles. The smallest absolute Gasteiger partial charge is 0.185 e. The summed E-state index contributed by atoms with van der Waals surface area (Å²) in [7, 11) is 0. The molecule has 3 heteroatoms. The highest BCUT2D eigenvalue weighted by atomic mass is 16.3. The van der Waals surface area contributed by atoms with Crippen molar-refractivity contribution in [2.45, 2.75) is 0 Å². The van der Waals surface area contributed by atoms with Crippen LogP contribution in [0.15, 0.2) is 109 Å². The van der Waals surface area contributed by atoms with Gasteiger partial charge < -0.3 is 9.67 Å². The number of rotatable bonds is 4. The third kappa shape index (κ3) is 3.07. The number of nitrogens with zero attached hydrogens (tertiary/aromatic N) is 1. The van der Waals surface area contributed by atoms with Crippen molar-refractivity contribution in [3.8, 4) is 5.69 Å². The summed E-state index contributed by atoms with van der Waals surface area (Å²) in [5, 5.41) is 14.7. The number of benzene rings is 4. The van der Waals surface area contributed by atoms with Crippen molar-refractivity contribution >= 4 is 33.3 Å². The Morgan fingerprint density at radius 3 is 1.77 bits per heavy atom. The Balaban J connectivity index is 1.54. The van der Waals surface area contributed by atoms with Crippen molar-refractivity contribution in [1.82, 2.24) is 4.57 Å². The highest BCUT2D eigenvalue weighted by Crippen LogP contribution is 2.31. The van der Waals surface area contributed by atoms with Crippen LogP contribution in [-0.2, 0) is 0 Å². The fraction of sp³-hybridized carbons (Fsp3) is 0. The van der Waals surface area contributed by atoms with Crippen molar-refractivity contribution in [2.75, 3.05) is 0 Å². The van der Waals surface area contributed by atoms with Crippen LogP contribution in [-0.4, -0.2) is 10.4 Å². The average molecular weight is 388 g/mol. The first kappa shape index (κ1) is 18.0. The molecular weight excluding hydrogens is 370 g/mol. The molecule has 0 saturated heterocycles. The molecule has 5 aromatic rings. The number of para-hydroxylation sites is 2. The molecule has 3 nitrogen and oxygen atoms in total. The van der Waals surface area contributed by atoms with Gasteiger partial charge in [0, 0.05) is 22.0 Å². The lowest BCUT2D eigenvalue weighted by atomic mass is 10.1. The lowest BCUT2D eigenvalue weighted by Gasteiger charge is -2.12. The van der Waals surface area contributed by atoms with Crippen LogP contribution in [0.25, 0.3) is 33.3 Å². The summed E-state index contributed by atoms with van der Waals surface area (Å²) < 4.78 is 2.19. The van der Waals surface area contributed by atoms with Gasteiger partial charge in [0.25, 0.3) is 0 Å². The molecular formula is C27H18NO2-. The minimum absolute atomic E-state index is 0.285. The predicted octanol–water partition coefficient (Wildman–Crippen LogP) is 5.37. The van der Waals surface area contributed by atoms with E-state index >= 15 is 0 Å². The maximum atomic E-state index is 12.6. The van der Waals surface area contributed by atoms with Crippen LogP contribution in [0.5, 0.6) is 0 Å². The maximum Gasteiger partial charge on any atom is 0.185 e. The van der Waals surface area contributed by atoms with E-state index in [1.165, 1.54) is 10.8 Å². The molecule has 0 aliphatic rings. The van der Waals surface area contributed by atoms with E-state index in [-0.39, 0.29) is 11.5 Å². The molecule has 144 valence electrons. The van der Waals surface area contributed by atoms with Crippen LogP contribution in [0.4, 0.5) is 0 Å². The zero-order chi connectivity index (χ0) is 20.5. The lowest BCUT2D eigenvalue weighted by molar-refractivity contribution is -0.243. The quantitative estimate of drug-likeness (QED) is 0.236. The van der Waals surface area contributed by atoms with E-state index in [4.69, 9.17) is 0 Å². The standard InChI is InChI=1S/C27H19NO2/c29-26(19-8-2-1-3-9-19)18-27(30)20-14-16-21(17-15-20)28-24-12-6-4-10-22(24)23-11-5-7-13-25(23)28/h1-18,29H/p-1/b26-18-. The van der Waals surface area contributed by atoms with Crippen molar-refractivity contribution in [1.29, 1.82) is 0 Å². The number of aromatic nitrogens is 1. The van der Waals surface area contributed by atoms with Gasteiger partial charge in [-0.3, -0.25) is 4.79 Å². The highest BCUT2D eigenvalue weighted by molar-refractivity contribution is 6.10. The zero-order valence-electron chi connectivity index (χ0n) is 16.2. The molecule has 0 amide bonds. The summed E-state index contributed by atoms with van der Waals surface area (Å²) in [6.45, 7) is 0. The second-order valence-electron chi connectivity index (χ2n) is 7.16. The zero-order valence-corrected chi connectivity index (χ0v) is 16.2. The first-order valence-corrected chi connectivity index (χ1v) is 9.79. The third-order valence-corrected chi connectivity index (χ3v) is 5.31. The topological polar surface area (TPSA) is 45.1 Å². The van der Waals surface area contributed by atoms with Crippen molar-refractivity contribution in [3.05, 3.63) is 120 Å². The number of hydrogen-bond donors (Lipinski definition) is 0. The van der Waals surface area contributed by atoms with Crippen LogP contribution in [0.3, 0.4) is 0 Å². The van der Waals surface area contributed by atoms with Gasteiger partial charge in [0.1, 0.15) is 0 Å². The van der Waals surface area contributed by atoms with Crippen LogP contribution in [0, 0.1) is 0 Å². The van der Waals surface area contributed by atoms with Crippen LogP contribution in [0.2, 0.25) is 0 Å². The Hall–Kier alpha value is -4.11. The second-order valence-corrected chi connectivity index (χ2v) is 7.16. The summed E-state index contributed by atoms with van der Waals surface area (Å²) in [5.41, 5.74) is 4.20. The van der Waals surface area contributed by atoms with E-state index in [0.29, 0.717) is 11.1 Å². The molecule has 0 radical (unpaired) electrons. The summed E-state index contributed by atoms with van der Waals surface area (Å²) in [4.78, 5) is 12.6. The molecule has 0 aliphatic heterocycles. The lowest BCUT2D eigenvalue weighted by Crippen LogP contribution is -2.06. The van der Waals surface area contributed by atoms with E-state index in [1.807, 2.05) is 42.5 Å². The molecule has 0 saturated carbocycles. The third-order valence-electron chi connectivity index (χ3n) is 5.31. The molecule has 0 spiro atoms. The largest absolute Gasteiger partial charge is 0.872 e. The molecule has 0 N–H and O–H groups in total. The number of carbonyl (C=O) groups excluding carboxylic acids is 1. The van der Waals surface area contributed by atoms with Gasteiger partial charge in [-0.2, -0.15) is 0 Å². The molecule has 0 unspecified atom stereocenters. The monoisotopic (exact) mass is 388 g/mol. The van der Waals surface area contributed by atoms with Crippen LogP contribution < -0.4 is 5.11 Å². The Morgan fingerprint density at radius 1 is 0.633 bits per heavy atom. The minimum atomic E-state index is -0.294. The summed E-state index contributed by atoms with van der Waals surface area (Å²) in [6, 6.07) is 32.8. The Kier molecular flexibility index (Phi) is 4.41. The van der Waals surface area contributed by atoms with Gasteiger partial charge in [0.2, 0.25) is 0 Å². The Morgan fingerprint density at radius 2 is 1.17 bits per heavy atom. The van der Waals surface area contributed by atoms with Gasteiger partial charge in [-0.05, 0) is 48.0 Å². The van der Waals surface area contributed by atoms with Gasteiger partial charge in [-0.25, -0.2) is 0 Å². The average Bonchev–Trinajstić information content (AvgIpc) is 3.14. The fourth-order valence-electron chi connectivity index (χ4n) is 3.86. The van der Waals surface area contributed by atoms with Gasteiger partial charge >= 0.3 is 0 Å². The molecule has 1 aromatic heterocycles. The van der Waals surface area contributed by atoms with E-state index < -0.39 is 0 Å². The Bertz CT molecular complexity index is 1340.